The van der Waals surface area contributed by atoms with Crippen molar-refractivity contribution in [2.24, 2.45) is 0 Å². The monoisotopic (exact) mass is 352 g/mol. The molecule has 1 atom stereocenters. The van der Waals surface area contributed by atoms with Crippen molar-refractivity contribution in [2.45, 2.75) is 30.2 Å². The van der Waals surface area contributed by atoms with Gasteiger partial charge in [-0.25, -0.2) is 0 Å². The van der Waals surface area contributed by atoms with Crippen molar-refractivity contribution >= 4 is 23.4 Å². The Morgan fingerprint density at radius 3 is 2.92 bits per heavy atom. The van der Waals surface area contributed by atoms with E-state index in [0.29, 0.717) is 12.6 Å². The number of hydrogen-bond acceptors (Lipinski definition) is 3. The molecule has 1 amide bonds. The average Bonchev–Trinajstić information content (AvgIpc) is 2.67. The molecule has 2 aromatic carbocycles. The third-order valence-electron chi connectivity index (χ3n) is 5.28. The highest BCUT2D eigenvalue weighted by molar-refractivity contribution is 7.99. The van der Waals surface area contributed by atoms with Crippen LogP contribution < -0.4 is 4.90 Å². The number of benzene rings is 2. The van der Waals surface area contributed by atoms with E-state index in [9.17, 15) is 4.79 Å². The highest BCUT2D eigenvalue weighted by atomic mass is 32.2. The molecule has 4 heteroatoms. The summed E-state index contributed by atoms with van der Waals surface area (Å²) in [6.07, 6.45) is 3.49. The van der Waals surface area contributed by atoms with Gasteiger partial charge < -0.3 is 4.90 Å². The predicted octanol–water partition coefficient (Wildman–Crippen LogP) is 4.13. The minimum absolute atomic E-state index is 0.207. The van der Waals surface area contributed by atoms with Crippen molar-refractivity contribution in [1.29, 1.82) is 0 Å². The van der Waals surface area contributed by atoms with Crippen LogP contribution in [-0.4, -0.2) is 36.7 Å². The molecule has 1 aliphatic carbocycles. The molecule has 0 fully saturated rings. The van der Waals surface area contributed by atoms with Crippen molar-refractivity contribution in [1.82, 2.24) is 4.90 Å². The SMILES string of the molecule is CN(CC(=O)N1CCSc2ccccc21)[C@H]1CCCc2ccccc21. The number of anilines is 1. The lowest BCUT2D eigenvalue weighted by molar-refractivity contribution is -0.120. The van der Waals surface area contributed by atoms with E-state index in [1.165, 1.54) is 22.4 Å². The molecule has 130 valence electrons. The second kappa shape index (κ2) is 7.22. The highest BCUT2D eigenvalue weighted by Gasteiger charge is 2.28. The molecule has 0 saturated carbocycles. The van der Waals surface area contributed by atoms with Gasteiger partial charge >= 0.3 is 0 Å². The van der Waals surface area contributed by atoms with Crippen LogP contribution in [0, 0.1) is 0 Å². The summed E-state index contributed by atoms with van der Waals surface area (Å²) in [6.45, 7) is 1.27. The Labute approximate surface area is 154 Å². The zero-order valence-electron chi connectivity index (χ0n) is 14.6. The number of fused-ring (bicyclic) bond motifs is 2. The van der Waals surface area contributed by atoms with Crippen LogP contribution in [0.25, 0.3) is 0 Å². The van der Waals surface area contributed by atoms with Gasteiger partial charge in [0.05, 0.1) is 12.2 Å². The van der Waals surface area contributed by atoms with Crippen LogP contribution in [0.4, 0.5) is 5.69 Å². The van der Waals surface area contributed by atoms with Crippen LogP contribution in [-0.2, 0) is 11.2 Å². The molecule has 0 N–H and O–H groups in total. The predicted molar refractivity (Wildman–Crippen MR) is 104 cm³/mol. The Hall–Kier alpha value is -1.78. The van der Waals surface area contributed by atoms with Gasteiger partial charge in [0.1, 0.15) is 0 Å². The van der Waals surface area contributed by atoms with E-state index in [-0.39, 0.29) is 5.91 Å². The standard InChI is InChI=1S/C21H24N2OS/c1-22(18-11-6-8-16-7-2-3-9-17(16)18)15-21(24)23-13-14-25-20-12-5-4-10-19(20)23/h2-5,7,9-10,12,18H,6,8,11,13-15H2,1H3/t18-/m0/s1. The Bertz CT molecular complexity index is 776. The molecule has 0 spiro atoms. The third kappa shape index (κ3) is 3.33. The minimum Gasteiger partial charge on any atom is -0.309 e. The molecule has 0 saturated heterocycles. The topological polar surface area (TPSA) is 23.6 Å². The van der Waals surface area contributed by atoms with E-state index >= 15 is 0 Å². The third-order valence-corrected chi connectivity index (χ3v) is 6.33. The fourth-order valence-electron chi connectivity index (χ4n) is 4.02. The Balaban J connectivity index is 1.51. The first-order chi connectivity index (χ1) is 12.2. The number of rotatable bonds is 3. The number of para-hydroxylation sites is 1. The molecule has 2 aliphatic rings. The molecule has 1 heterocycles. The van der Waals surface area contributed by atoms with E-state index in [1.807, 2.05) is 28.8 Å². The number of carbonyl (C=O) groups excluding carboxylic acids is 1. The van der Waals surface area contributed by atoms with Crippen molar-refractivity contribution in [3.8, 4) is 0 Å². The number of aryl methyl sites for hydroxylation is 1. The van der Waals surface area contributed by atoms with Gasteiger partial charge in [-0.3, -0.25) is 9.69 Å². The highest BCUT2D eigenvalue weighted by Crippen LogP contribution is 2.36. The minimum atomic E-state index is 0.207. The van der Waals surface area contributed by atoms with E-state index < -0.39 is 0 Å². The second-order valence-electron chi connectivity index (χ2n) is 6.88. The lowest BCUT2D eigenvalue weighted by Gasteiger charge is -2.35. The summed E-state index contributed by atoms with van der Waals surface area (Å²) in [7, 11) is 2.09. The number of thioether (sulfide) groups is 1. The average molecular weight is 353 g/mol. The fourth-order valence-corrected chi connectivity index (χ4v) is 5.02. The zero-order chi connectivity index (χ0) is 17.2. The summed E-state index contributed by atoms with van der Waals surface area (Å²) >= 11 is 1.84. The number of amides is 1. The quantitative estimate of drug-likeness (QED) is 0.830. The van der Waals surface area contributed by atoms with Crippen molar-refractivity contribution < 1.29 is 4.79 Å². The molecule has 0 radical (unpaired) electrons. The summed E-state index contributed by atoms with van der Waals surface area (Å²) in [5.41, 5.74) is 3.91. The van der Waals surface area contributed by atoms with Crippen LogP contribution >= 0.6 is 11.8 Å². The van der Waals surface area contributed by atoms with Gasteiger partial charge in [-0.1, -0.05) is 36.4 Å². The first-order valence-electron chi connectivity index (χ1n) is 9.04. The summed E-state index contributed by atoms with van der Waals surface area (Å²) in [5.74, 6) is 1.18. The normalized spacial score (nSPS) is 19.4. The van der Waals surface area contributed by atoms with Gasteiger partial charge in [-0.2, -0.15) is 0 Å². The van der Waals surface area contributed by atoms with Gasteiger partial charge in [0, 0.05) is 23.2 Å². The fraction of sp³-hybridized carbons (Fsp3) is 0.381. The molecule has 0 bridgehead atoms. The maximum absolute atomic E-state index is 13.0. The number of hydrogen-bond donors (Lipinski definition) is 0. The zero-order valence-corrected chi connectivity index (χ0v) is 15.5. The van der Waals surface area contributed by atoms with Crippen LogP contribution in [0.2, 0.25) is 0 Å². The summed E-state index contributed by atoms with van der Waals surface area (Å²) in [4.78, 5) is 18.4. The van der Waals surface area contributed by atoms with Crippen LogP contribution in [0.5, 0.6) is 0 Å². The van der Waals surface area contributed by atoms with E-state index in [1.54, 1.807) is 0 Å². The largest absolute Gasteiger partial charge is 0.309 e. The van der Waals surface area contributed by atoms with Crippen LogP contribution in [0.15, 0.2) is 53.4 Å². The van der Waals surface area contributed by atoms with E-state index in [4.69, 9.17) is 0 Å². The van der Waals surface area contributed by atoms with Crippen LogP contribution in [0.3, 0.4) is 0 Å². The maximum atomic E-state index is 13.0. The molecule has 4 rings (SSSR count). The Morgan fingerprint density at radius 1 is 1.20 bits per heavy atom. The molecule has 2 aromatic rings. The number of likely N-dealkylation sites (N-methyl/N-ethyl adjacent to an activating group) is 1. The van der Waals surface area contributed by atoms with Gasteiger partial charge in [-0.05, 0) is 49.6 Å². The number of nitrogens with zero attached hydrogens (tertiary/aromatic N) is 2. The van der Waals surface area contributed by atoms with Gasteiger partial charge in [0.15, 0.2) is 0 Å². The van der Waals surface area contributed by atoms with Gasteiger partial charge in [0.25, 0.3) is 0 Å². The molecule has 1 aliphatic heterocycles. The van der Waals surface area contributed by atoms with E-state index in [2.05, 4.69) is 48.3 Å². The molecule has 25 heavy (non-hydrogen) atoms. The Morgan fingerprint density at radius 2 is 2.00 bits per heavy atom. The van der Waals surface area contributed by atoms with Gasteiger partial charge in [0.2, 0.25) is 5.91 Å². The summed E-state index contributed by atoms with van der Waals surface area (Å²) < 4.78 is 0. The molecule has 0 unspecified atom stereocenters. The van der Waals surface area contributed by atoms with Gasteiger partial charge in [-0.15, -0.1) is 11.8 Å². The van der Waals surface area contributed by atoms with Crippen molar-refractivity contribution in [3.05, 3.63) is 59.7 Å². The molecular weight excluding hydrogens is 328 g/mol. The molecule has 3 nitrogen and oxygen atoms in total. The Kier molecular flexibility index (Phi) is 4.82. The first-order valence-corrected chi connectivity index (χ1v) is 10.0. The maximum Gasteiger partial charge on any atom is 0.241 e. The summed E-state index contributed by atoms with van der Waals surface area (Å²) in [5, 5.41) is 0. The molecular formula is C21H24N2OS. The van der Waals surface area contributed by atoms with Crippen molar-refractivity contribution in [2.75, 3.05) is 30.8 Å². The smallest absolute Gasteiger partial charge is 0.241 e. The first kappa shape index (κ1) is 16.7. The lowest BCUT2D eigenvalue weighted by atomic mass is 9.87. The lowest BCUT2D eigenvalue weighted by Crippen LogP contribution is -2.43. The molecule has 0 aromatic heterocycles. The second-order valence-corrected chi connectivity index (χ2v) is 8.02. The van der Waals surface area contributed by atoms with Crippen LogP contribution in [0.1, 0.15) is 30.0 Å². The van der Waals surface area contributed by atoms with Crippen molar-refractivity contribution in [3.63, 3.8) is 0 Å². The summed E-state index contributed by atoms with van der Waals surface area (Å²) in [6, 6.07) is 17.3. The number of carbonyl (C=O) groups is 1. The van der Waals surface area contributed by atoms with E-state index in [0.717, 1.165) is 30.8 Å².